The smallest absolute Gasteiger partial charge is 0.422 e. The number of pyridine rings is 1. The molecule has 1 aliphatic rings. The third-order valence-corrected chi connectivity index (χ3v) is 4.32. The fraction of sp³-hybridized carbons (Fsp3) is 0.526. The second kappa shape index (κ2) is 8.04. The zero-order chi connectivity index (χ0) is 22.1. The van der Waals surface area contributed by atoms with Gasteiger partial charge in [0.15, 0.2) is 6.61 Å². The fourth-order valence-corrected chi connectivity index (χ4v) is 3.15. The highest BCUT2D eigenvalue weighted by Crippen LogP contribution is 2.30. The maximum Gasteiger partial charge on any atom is 0.422 e. The third kappa shape index (κ3) is 5.14. The molecular weight excluding hydrogens is 405 g/mol. The van der Waals surface area contributed by atoms with Gasteiger partial charge in [-0.25, -0.2) is 9.78 Å². The van der Waals surface area contributed by atoms with Gasteiger partial charge in [-0.2, -0.15) is 13.2 Å². The Bertz CT molecular complexity index is 950. The average molecular weight is 428 g/mol. The van der Waals surface area contributed by atoms with Gasteiger partial charge >= 0.3 is 12.3 Å². The lowest BCUT2D eigenvalue weighted by Gasteiger charge is -2.29. The molecule has 3 rings (SSSR count). The van der Waals surface area contributed by atoms with Crippen molar-refractivity contribution >= 4 is 22.9 Å². The van der Waals surface area contributed by atoms with Gasteiger partial charge in [0.2, 0.25) is 5.88 Å². The molecule has 0 aromatic carbocycles. The van der Waals surface area contributed by atoms with Gasteiger partial charge in [-0.3, -0.25) is 4.79 Å². The number of rotatable bonds is 5. The van der Waals surface area contributed by atoms with Crippen LogP contribution in [0.4, 0.5) is 18.0 Å². The van der Waals surface area contributed by atoms with Crippen molar-refractivity contribution in [3.63, 3.8) is 0 Å². The fourth-order valence-electron chi connectivity index (χ4n) is 3.15. The third-order valence-electron chi connectivity index (χ3n) is 4.32. The van der Waals surface area contributed by atoms with E-state index in [2.05, 4.69) is 10.3 Å². The van der Waals surface area contributed by atoms with Crippen LogP contribution in [0.1, 0.15) is 31.3 Å². The quantitative estimate of drug-likeness (QED) is 0.792. The second-order valence-electron chi connectivity index (χ2n) is 7.85. The van der Waals surface area contributed by atoms with Gasteiger partial charge in [-0.05, 0) is 32.9 Å². The van der Waals surface area contributed by atoms with Gasteiger partial charge in [0.25, 0.3) is 5.91 Å². The number of hydrogen-bond acceptors (Lipinski definition) is 5. The van der Waals surface area contributed by atoms with E-state index in [0.29, 0.717) is 29.7 Å². The van der Waals surface area contributed by atoms with Crippen LogP contribution < -0.4 is 10.1 Å². The number of fused-ring (bicyclic) bond motifs is 3. The number of amides is 2. The summed E-state index contributed by atoms with van der Waals surface area (Å²) >= 11 is 0. The molecule has 30 heavy (non-hydrogen) atoms. The number of nitrogens with one attached hydrogen (secondary N) is 1. The van der Waals surface area contributed by atoms with Crippen LogP contribution in [0.3, 0.4) is 0 Å². The van der Waals surface area contributed by atoms with Gasteiger partial charge in [0, 0.05) is 32.4 Å². The molecule has 2 aromatic rings. The van der Waals surface area contributed by atoms with Crippen LogP contribution in [-0.4, -0.2) is 64.5 Å². The maximum atomic E-state index is 12.8. The summed E-state index contributed by atoms with van der Waals surface area (Å²) in [5.74, 6) is -0.456. The maximum absolute atomic E-state index is 12.8. The second-order valence-corrected chi connectivity index (χ2v) is 7.85. The minimum Gasteiger partial charge on any atom is -0.468 e. The summed E-state index contributed by atoms with van der Waals surface area (Å²) in [6.45, 7) is 5.13. The molecule has 0 fully saturated rings. The molecular formula is C19H23F3N4O4. The largest absolute Gasteiger partial charge is 0.468 e. The molecule has 0 aliphatic carbocycles. The van der Waals surface area contributed by atoms with E-state index < -0.39 is 24.5 Å². The van der Waals surface area contributed by atoms with Crippen LogP contribution in [0.15, 0.2) is 18.3 Å². The molecule has 2 amide bonds. The number of carbonyl (C=O) groups excluding carboxylic acids is 2. The van der Waals surface area contributed by atoms with E-state index in [4.69, 9.17) is 9.47 Å². The Morgan fingerprint density at radius 1 is 1.27 bits per heavy atom. The molecule has 1 N–H and O–H groups in total. The Kier molecular flexibility index (Phi) is 5.82. The molecule has 0 bridgehead atoms. The van der Waals surface area contributed by atoms with E-state index in [9.17, 15) is 22.8 Å². The van der Waals surface area contributed by atoms with E-state index in [-0.39, 0.29) is 24.9 Å². The first-order valence-corrected chi connectivity index (χ1v) is 9.38. The summed E-state index contributed by atoms with van der Waals surface area (Å²) in [4.78, 5) is 30.0. The van der Waals surface area contributed by atoms with Crippen molar-refractivity contribution in [2.75, 3.05) is 26.2 Å². The Hall–Kier alpha value is -2.98. The summed E-state index contributed by atoms with van der Waals surface area (Å²) in [6, 6.07) is 3.12. The zero-order valence-electron chi connectivity index (χ0n) is 16.9. The van der Waals surface area contributed by atoms with E-state index in [1.165, 1.54) is 12.3 Å². The van der Waals surface area contributed by atoms with Gasteiger partial charge in [0.05, 0.1) is 10.9 Å². The topological polar surface area (TPSA) is 85.7 Å². The molecule has 2 aromatic heterocycles. The lowest BCUT2D eigenvalue weighted by atomic mass is 10.2. The first-order valence-electron chi connectivity index (χ1n) is 9.38. The van der Waals surface area contributed by atoms with Crippen molar-refractivity contribution in [1.82, 2.24) is 19.8 Å². The van der Waals surface area contributed by atoms with Gasteiger partial charge in [0.1, 0.15) is 11.3 Å². The lowest BCUT2D eigenvalue weighted by Crippen LogP contribution is -2.44. The summed E-state index contributed by atoms with van der Waals surface area (Å²) in [7, 11) is 0. The molecule has 0 radical (unpaired) electrons. The van der Waals surface area contributed by atoms with Crippen molar-refractivity contribution in [3.8, 4) is 5.88 Å². The SMILES string of the molecule is CC(C)(C)OC(=O)NCCN1CCn2c(cc3c(OCC(F)(F)F)nccc32)C1=O. The van der Waals surface area contributed by atoms with Gasteiger partial charge in [-0.15, -0.1) is 0 Å². The van der Waals surface area contributed by atoms with Crippen LogP contribution in [0, 0.1) is 0 Å². The van der Waals surface area contributed by atoms with E-state index >= 15 is 0 Å². The molecule has 164 valence electrons. The van der Waals surface area contributed by atoms with Crippen LogP contribution in [0.2, 0.25) is 0 Å². The van der Waals surface area contributed by atoms with Crippen molar-refractivity contribution in [2.24, 2.45) is 0 Å². The van der Waals surface area contributed by atoms with E-state index in [1.54, 1.807) is 36.3 Å². The number of alkyl carbamates (subject to hydrolysis) is 1. The zero-order valence-corrected chi connectivity index (χ0v) is 16.9. The van der Waals surface area contributed by atoms with Crippen molar-refractivity contribution in [2.45, 2.75) is 39.1 Å². The minimum absolute atomic E-state index is 0.169. The highest BCUT2D eigenvalue weighted by atomic mass is 19.4. The highest BCUT2D eigenvalue weighted by Gasteiger charge is 2.31. The predicted octanol–water partition coefficient (Wildman–Crippen LogP) is 2.96. The Labute approximate surface area is 170 Å². The summed E-state index contributed by atoms with van der Waals surface area (Å²) in [5.41, 5.74) is 0.293. The first-order chi connectivity index (χ1) is 13.9. The molecule has 3 heterocycles. The molecule has 11 heteroatoms. The number of ether oxygens (including phenoxy) is 2. The van der Waals surface area contributed by atoms with Gasteiger partial charge < -0.3 is 24.3 Å². The molecule has 0 atom stereocenters. The number of halogens is 3. The number of nitrogens with zero attached hydrogens (tertiary/aromatic N) is 3. The molecule has 0 unspecified atom stereocenters. The Morgan fingerprint density at radius 3 is 2.67 bits per heavy atom. The van der Waals surface area contributed by atoms with Crippen molar-refractivity contribution in [3.05, 3.63) is 24.0 Å². The monoisotopic (exact) mass is 428 g/mol. The highest BCUT2D eigenvalue weighted by molar-refractivity contribution is 6.00. The Balaban J connectivity index is 1.70. The summed E-state index contributed by atoms with van der Waals surface area (Å²) in [6.07, 6.45) is -3.71. The average Bonchev–Trinajstić information content (AvgIpc) is 3.00. The van der Waals surface area contributed by atoms with Crippen molar-refractivity contribution in [1.29, 1.82) is 0 Å². The number of hydrogen-bond donors (Lipinski definition) is 1. The molecule has 1 aliphatic heterocycles. The van der Waals surface area contributed by atoms with Crippen LogP contribution in [0.5, 0.6) is 5.88 Å². The molecule has 0 saturated heterocycles. The number of carbonyl (C=O) groups is 2. The lowest BCUT2D eigenvalue weighted by molar-refractivity contribution is -0.153. The standard InChI is InChI=1S/C19H23F3N4O4/c1-18(2,3)30-17(28)24-6-7-25-8-9-26-13-4-5-23-15(29-11-19(20,21)22)12(13)10-14(26)16(25)27/h4-5,10H,6-9,11H2,1-3H3,(H,24,28). The molecule has 8 nitrogen and oxygen atoms in total. The molecule has 0 saturated carbocycles. The first kappa shape index (κ1) is 21.7. The summed E-state index contributed by atoms with van der Waals surface area (Å²) in [5, 5.41) is 2.95. The number of aromatic nitrogens is 2. The number of alkyl halides is 3. The predicted molar refractivity (Wildman–Crippen MR) is 101 cm³/mol. The van der Waals surface area contributed by atoms with Gasteiger partial charge in [-0.1, -0.05) is 0 Å². The van der Waals surface area contributed by atoms with Crippen LogP contribution in [0.25, 0.3) is 10.9 Å². The molecule has 0 spiro atoms. The van der Waals surface area contributed by atoms with E-state index in [0.717, 1.165) is 0 Å². The summed E-state index contributed by atoms with van der Waals surface area (Å²) < 4.78 is 49.2. The normalized spacial score (nSPS) is 14.6. The van der Waals surface area contributed by atoms with Crippen molar-refractivity contribution < 1.29 is 32.2 Å². The van der Waals surface area contributed by atoms with E-state index in [1.807, 2.05) is 0 Å². The minimum atomic E-state index is -4.49. The van der Waals surface area contributed by atoms with Crippen LogP contribution >= 0.6 is 0 Å². The Morgan fingerprint density at radius 2 is 2.00 bits per heavy atom. The van der Waals surface area contributed by atoms with Crippen LogP contribution in [-0.2, 0) is 11.3 Å².